The Labute approximate surface area is 128 Å². The average Bonchev–Trinajstić information content (AvgIpc) is 2.45. The second kappa shape index (κ2) is 11.6. The second-order valence-corrected chi connectivity index (χ2v) is 7.10. The van der Waals surface area contributed by atoms with Crippen molar-refractivity contribution in [3.8, 4) is 0 Å². The molecule has 1 aliphatic rings. The Morgan fingerprint density at radius 1 is 0.800 bits per heavy atom. The smallest absolute Gasteiger partial charge is 0.00209 e. The zero-order valence-electron chi connectivity index (χ0n) is 14.4. The highest BCUT2D eigenvalue weighted by Crippen LogP contribution is 2.38. The van der Waals surface area contributed by atoms with Gasteiger partial charge in [0.05, 0.1) is 0 Å². The first-order valence-electron chi connectivity index (χ1n) is 9.46. The maximum absolute atomic E-state index is 3.43. The fraction of sp³-hybridized carbons (Fsp3) is 1.00. The molecule has 1 aliphatic carbocycles. The standard InChI is InChI=1S/C19H39N/c1-4-6-7-8-9-10-12-18-15-17(11-5-2)13-14-19(18)16-20-3/h17-20H,4-16H2,1-3H3. The predicted octanol–water partition coefficient (Wildman–Crippen LogP) is 5.79. The van der Waals surface area contributed by atoms with Gasteiger partial charge in [-0.05, 0) is 44.2 Å². The summed E-state index contributed by atoms with van der Waals surface area (Å²) in [7, 11) is 2.12. The molecule has 0 aromatic carbocycles. The fourth-order valence-corrected chi connectivity index (χ4v) is 4.17. The average molecular weight is 282 g/mol. The maximum atomic E-state index is 3.43. The lowest BCUT2D eigenvalue weighted by Gasteiger charge is -2.36. The molecule has 0 amide bonds. The van der Waals surface area contributed by atoms with Gasteiger partial charge < -0.3 is 5.32 Å². The molecule has 20 heavy (non-hydrogen) atoms. The number of nitrogens with one attached hydrogen (secondary N) is 1. The zero-order chi connectivity index (χ0) is 14.6. The predicted molar refractivity (Wildman–Crippen MR) is 91.1 cm³/mol. The van der Waals surface area contributed by atoms with E-state index in [0.29, 0.717) is 0 Å². The van der Waals surface area contributed by atoms with Crippen molar-refractivity contribution in [2.75, 3.05) is 13.6 Å². The van der Waals surface area contributed by atoms with E-state index in [1.165, 1.54) is 83.6 Å². The van der Waals surface area contributed by atoms with Crippen molar-refractivity contribution in [2.24, 2.45) is 17.8 Å². The lowest BCUT2D eigenvalue weighted by molar-refractivity contribution is 0.158. The van der Waals surface area contributed by atoms with E-state index in [9.17, 15) is 0 Å². The van der Waals surface area contributed by atoms with E-state index in [1.54, 1.807) is 0 Å². The van der Waals surface area contributed by atoms with Crippen LogP contribution in [0.15, 0.2) is 0 Å². The van der Waals surface area contributed by atoms with Crippen LogP contribution in [0.1, 0.15) is 90.9 Å². The van der Waals surface area contributed by atoms with Gasteiger partial charge in [0.25, 0.3) is 0 Å². The third-order valence-electron chi connectivity index (χ3n) is 5.34. The highest BCUT2D eigenvalue weighted by molar-refractivity contribution is 4.81. The molecule has 0 bridgehead atoms. The van der Waals surface area contributed by atoms with Gasteiger partial charge in [0.1, 0.15) is 0 Å². The lowest BCUT2D eigenvalue weighted by atomic mass is 9.71. The molecule has 0 aromatic heterocycles. The van der Waals surface area contributed by atoms with Crippen molar-refractivity contribution < 1.29 is 0 Å². The van der Waals surface area contributed by atoms with Crippen molar-refractivity contribution in [1.82, 2.24) is 5.32 Å². The van der Waals surface area contributed by atoms with Crippen molar-refractivity contribution in [3.63, 3.8) is 0 Å². The second-order valence-electron chi connectivity index (χ2n) is 7.10. The SMILES string of the molecule is CCCCCCCCC1CC(CCC)CCC1CNC. The number of hydrogen-bond donors (Lipinski definition) is 1. The van der Waals surface area contributed by atoms with Crippen LogP contribution in [0.2, 0.25) is 0 Å². The molecule has 0 spiro atoms. The third kappa shape index (κ3) is 7.11. The molecule has 0 saturated heterocycles. The summed E-state index contributed by atoms with van der Waals surface area (Å²) in [4.78, 5) is 0. The summed E-state index contributed by atoms with van der Waals surface area (Å²) in [5, 5.41) is 3.43. The molecular weight excluding hydrogens is 242 g/mol. The topological polar surface area (TPSA) is 12.0 Å². The van der Waals surface area contributed by atoms with E-state index in [2.05, 4.69) is 26.2 Å². The molecule has 1 rings (SSSR count). The van der Waals surface area contributed by atoms with Crippen molar-refractivity contribution in [3.05, 3.63) is 0 Å². The van der Waals surface area contributed by atoms with Gasteiger partial charge in [0, 0.05) is 0 Å². The van der Waals surface area contributed by atoms with E-state index in [4.69, 9.17) is 0 Å². The van der Waals surface area contributed by atoms with Gasteiger partial charge in [-0.25, -0.2) is 0 Å². The number of unbranched alkanes of at least 4 members (excludes halogenated alkanes) is 5. The number of rotatable bonds is 11. The fourth-order valence-electron chi connectivity index (χ4n) is 4.17. The van der Waals surface area contributed by atoms with Gasteiger partial charge in [-0.1, -0.05) is 78.1 Å². The Morgan fingerprint density at radius 3 is 2.25 bits per heavy atom. The van der Waals surface area contributed by atoms with Crippen LogP contribution >= 0.6 is 0 Å². The summed E-state index contributed by atoms with van der Waals surface area (Å²) in [5.74, 6) is 3.01. The van der Waals surface area contributed by atoms with E-state index in [0.717, 1.165) is 17.8 Å². The normalized spacial score (nSPS) is 26.9. The molecule has 3 atom stereocenters. The molecule has 0 heterocycles. The van der Waals surface area contributed by atoms with Crippen LogP contribution in [0.25, 0.3) is 0 Å². The Morgan fingerprint density at radius 2 is 1.55 bits per heavy atom. The largest absolute Gasteiger partial charge is 0.319 e. The third-order valence-corrected chi connectivity index (χ3v) is 5.34. The van der Waals surface area contributed by atoms with E-state index in [-0.39, 0.29) is 0 Å². The first-order chi connectivity index (χ1) is 9.81. The van der Waals surface area contributed by atoms with Crippen LogP contribution in [0, 0.1) is 17.8 Å². The molecule has 1 saturated carbocycles. The minimum Gasteiger partial charge on any atom is -0.319 e. The Hall–Kier alpha value is -0.0400. The van der Waals surface area contributed by atoms with Crippen LogP contribution in [0.5, 0.6) is 0 Å². The Balaban J connectivity index is 2.24. The van der Waals surface area contributed by atoms with Crippen LogP contribution in [0.4, 0.5) is 0 Å². The molecule has 1 N–H and O–H groups in total. The minimum absolute atomic E-state index is 0.962. The molecular formula is C19H39N. The van der Waals surface area contributed by atoms with Gasteiger partial charge in [0.2, 0.25) is 0 Å². The van der Waals surface area contributed by atoms with E-state index in [1.807, 2.05) is 0 Å². The maximum Gasteiger partial charge on any atom is -0.00209 e. The molecule has 0 aliphatic heterocycles. The summed E-state index contributed by atoms with van der Waals surface area (Å²) in [6.07, 6.45) is 17.5. The van der Waals surface area contributed by atoms with Crippen molar-refractivity contribution in [1.29, 1.82) is 0 Å². The molecule has 0 aromatic rings. The van der Waals surface area contributed by atoms with Gasteiger partial charge in [0.15, 0.2) is 0 Å². The summed E-state index contributed by atoms with van der Waals surface area (Å²) in [6, 6.07) is 0. The van der Waals surface area contributed by atoms with Crippen molar-refractivity contribution >= 4 is 0 Å². The monoisotopic (exact) mass is 281 g/mol. The van der Waals surface area contributed by atoms with Gasteiger partial charge in [-0.15, -0.1) is 0 Å². The molecule has 120 valence electrons. The summed E-state index contributed by atoms with van der Waals surface area (Å²) < 4.78 is 0. The first-order valence-corrected chi connectivity index (χ1v) is 9.46. The first kappa shape index (κ1) is 18.0. The molecule has 3 unspecified atom stereocenters. The van der Waals surface area contributed by atoms with Crippen molar-refractivity contribution in [2.45, 2.75) is 90.9 Å². The Kier molecular flexibility index (Phi) is 10.4. The molecule has 0 radical (unpaired) electrons. The summed E-state index contributed by atoms with van der Waals surface area (Å²) >= 11 is 0. The van der Waals surface area contributed by atoms with Crippen LogP contribution in [0.3, 0.4) is 0 Å². The summed E-state index contributed by atoms with van der Waals surface area (Å²) in [5.41, 5.74) is 0. The minimum atomic E-state index is 0.962. The van der Waals surface area contributed by atoms with Crippen LogP contribution < -0.4 is 5.32 Å². The quantitative estimate of drug-likeness (QED) is 0.473. The van der Waals surface area contributed by atoms with E-state index < -0.39 is 0 Å². The Bertz CT molecular complexity index is 214. The van der Waals surface area contributed by atoms with Gasteiger partial charge in [-0.2, -0.15) is 0 Å². The zero-order valence-corrected chi connectivity index (χ0v) is 14.4. The highest BCUT2D eigenvalue weighted by atomic mass is 14.8. The van der Waals surface area contributed by atoms with E-state index >= 15 is 0 Å². The summed E-state index contributed by atoms with van der Waals surface area (Å²) in [6.45, 7) is 5.90. The molecule has 1 nitrogen and oxygen atoms in total. The van der Waals surface area contributed by atoms with Crippen LogP contribution in [-0.2, 0) is 0 Å². The lowest BCUT2D eigenvalue weighted by Crippen LogP contribution is -2.31. The van der Waals surface area contributed by atoms with Gasteiger partial charge >= 0.3 is 0 Å². The highest BCUT2D eigenvalue weighted by Gasteiger charge is 2.28. The van der Waals surface area contributed by atoms with Crippen LogP contribution in [-0.4, -0.2) is 13.6 Å². The van der Waals surface area contributed by atoms with Gasteiger partial charge in [-0.3, -0.25) is 0 Å². The molecule has 1 fully saturated rings. The number of hydrogen-bond acceptors (Lipinski definition) is 1. The molecule has 1 heteroatoms.